The van der Waals surface area contributed by atoms with E-state index in [1.807, 2.05) is 25.3 Å². The van der Waals surface area contributed by atoms with E-state index < -0.39 is 0 Å². The number of amides is 1. The Bertz CT molecular complexity index is 523. The van der Waals surface area contributed by atoms with Crippen LogP contribution in [0.5, 0.6) is 0 Å². The van der Waals surface area contributed by atoms with Crippen LogP contribution in [-0.4, -0.2) is 30.6 Å². The number of hydrogen-bond donors (Lipinski definition) is 1. The molecule has 0 bridgehead atoms. The van der Waals surface area contributed by atoms with Crippen molar-refractivity contribution in [1.82, 2.24) is 5.32 Å². The van der Waals surface area contributed by atoms with Gasteiger partial charge in [-0.3, -0.25) is 4.79 Å². The van der Waals surface area contributed by atoms with E-state index in [4.69, 9.17) is 0 Å². The minimum Gasteiger partial charge on any atom is -0.351 e. The van der Waals surface area contributed by atoms with Crippen LogP contribution in [0, 0.1) is 0 Å². The third-order valence-corrected chi connectivity index (χ3v) is 3.40. The minimum absolute atomic E-state index is 0.172. The molecule has 94 valence electrons. The maximum atomic E-state index is 11.9. The second-order valence-corrected chi connectivity index (χ2v) is 4.71. The Hall–Kier alpha value is -1.62. The molecule has 1 N–H and O–H groups in total. The van der Waals surface area contributed by atoms with Crippen molar-refractivity contribution in [2.45, 2.75) is 18.2 Å². The molecule has 0 saturated heterocycles. The number of fused-ring (bicyclic) bond motifs is 1. The summed E-state index contributed by atoms with van der Waals surface area (Å²) in [6.45, 7) is 2.47. The van der Waals surface area contributed by atoms with E-state index >= 15 is 0 Å². The van der Waals surface area contributed by atoms with Crippen molar-refractivity contribution in [3.05, 3.63) is 29.3 Å². The summed E-state index contributed by atoms with van der Waals surface area (Å²) in [6, 6.07) is 6.04. The molecular weight excluding hydrogens is 246 g/mol. The SMILES string of the molecule is CCNC(=O)C1=NN=CCc2cc(SC)ccc21. The Balaban J connectivity index is 2.43. The Morgan fingerprint density at radius 1 is 1.50 bits per heavy atom. The zero-order valence-corrected chi connectivity index (χ0v) is 11.3. The van der Waals surface area contributed by atoms with Crippen LogP contribution < -0.4 is 5.32 Å². The predicted octanol–water partition coefficient (Wildman–Crippen LogP) is 1.88. The first-order valence-corrected chi connectivity index (χ1v) is 7.03. The van der Waals surface area contributed by atoms with Crippen molar-refractivity contribution in [2.75, 3.05) is 12.8 Å². The van der Waals surface area contributed by atoms with Gasteiger partial charge >= 0.3 is 0 Å². The first-order valence-electron chi connectivity index (χ1n) is 5.81. The highest BCUT2D eigenvalue weighted by atomic mass is 32.2. The monoisotopic (exact) mass is 261 g/mol. The van der Waals surface area contributed by atoms with Gasteiger partial charge in [0.15, 0.2) is 5.71 Å². The summed E-state index contributed by atoms with van der Waals surface area (Å²) in [5, 5.41) is 10.7. The highest BCUT2D eigenvalue weighted by molar-refractivity contribution is 7.98. The number of benzene rings is 1. The lowest BCUT2D eigenvalue weighted by atomic mass is 10.0. The van der Waals surface area contributed by atoms with Gasteiger partial charge < -0.3 is 5.32 Å². The summed E-state index contributed by atoms with van der Waals surface area (Å²) in [5.74, 6) is -0.172. The number of nitrogens with one attached hydrogen (secondary N) is 1. The largest absolute Gasteiger partial charge is 0.351 e. The van der Waals surface area contributed by atoms with E-state index in [1.165, 1.54) is 4.90 Å². The summed E-state index contributed by atoms with van der Waals surface area (Å²) >= 11 is 1.68. The van der Waals surface area contributed by atoms with Gasteiger partial charge in [0.2, 0.25) is 0 Å². The Kier molecular flexibility index (Phi) is 4.15. The fourth-order valence-electron chi connectivity index (χ4n) is 1.80. The Morgan fingerprint density at radius 3 is 3.06 bits per heavy atom. The average Bonchev–Trinajstić information content (AvgIpc) is 2.60. The molecule has 0 unspecified atom stereocenters. The zero-order chi connectivity index (χ0) is 13.0. The van der Waals surface area contributed by atoms with Gasteiger partial charge in [-0.05, 0) is 30.9 Å². The molecule has 1 aliphatic rings. The van der Waals surface area contributed by atoms with E-state index in [0.29, 0.717) is 18.7 Å². The van der Waals surface area contributed by atoms with Gasteiger partial charge in [0, 0.05) is 29.6 Å². The Labute approximate surface area is 111 Å². The minimum atomic E-state index is -0.172. The molecule has 0 aliphatic carbocycles. The van der Waals surface area contributed by atoms with Crippen LogP contribution in [0.15, 0.2) is 33.3 Å². The number of carbonyl (C=O) groups excluding carboxylic acids is 1. The van der Waals surface area contributed by atoms with Crippen LogP contribution in [0.2, 0.25) is 0 Å². The molecule has 1 aromatic carbocycles. The van der Waals surface area contributed by atoms with E-state index in [9.17, 15) is 4.79 Å². The molecule has 1 heterocycles. The highest BCUT2D eigenvalue weighted by Gasteiger charge is 2.18. The molecule has 1 aliphatic heterocycles. The van der Waals surface area contributed by atoms with Gasteiger partial charge in [0.25, 0.3) is 5.91 Å². The second kappa shape index (κ2) is 5.82. The molecule has 1 amide bonds. The van der Waals surface area contributed by atoms with Gasteiger partial charge in [-0.15, -0.1) is 16.9 Å². The normalized spacial score (nSPS) is 13.6. The number of thioether (sulfide) groups is 1. The fraction of sp³-hybridized carbons (Fsp3) is 0.308. The third kappa shape index (κ3) is 2.61. The standard InChI is InChI=1S/C13H15N3OS/c1-3-14-13(17)12-11-5-4-10(18-2)8-9(11)6-7-15-16-12/h4-5,7-8H,3,6H2,1-2H3,(H,14,17). The molecule has 0 radical (unpaired) electrons. The molecule has 0 fully saturated rings. The van der Waals surface area contributed by atoms with Crippen molar-refractivity contribution >= 4 is 29.6 Å². The zero-order valence-electron chi connectivity index (χ0n) is 10.4. The quantitative estimate of drug-likeness (QED) is 0.845. The summed E-state index contributed by atoms with van der Waals surface area (Å²) in [7, 11) is 0. The molecule has 5 heteroatoms. The van der Waals surface area contributed by atoms with Gasteiger partial charge in [-0.25, -0.2) is 0 Å². The van der Waals surface area contributed by atoms with Crippen LogP contribution in [0.4, 0.5) is 0 Å². The van der Waals surface area contributed by atoms with Gasteiger partial charge in [-0.2, -0.15) is 5.10 Å². The molecule has 2 rings (SSSR count). The lowest BCUT2D eigenvalue weighted by Crippen LogP contribution is -2.31. The van der Waals surface area contributed by atoms with Crippen LogP contribution in [0.3, 0.4) is 0 Å². The van der Waals surface area contributed by atoms with E-state index in [2.05, 4.69) is 21.6 Å². The van der Waals surface area contributed by atoms with Crippen LogP contribution in [0.1, 0.15) is 18.1 Å². The number of hydrogen-bond acceptors (Lipinski definition) is 4. The van der Waals surface area contributed by atoms with Crippen LogP contribution in [0.25, 0.3) is 0 Å². The van der Waals surface area contributed by atoms with E-state index in [0.717, 1.165) is 11.1 Å². The lowest BCUT2D eigenvalue weighted by molar-refractivity contribution is -0.114. The summed E-state index contributed by atoms with van der Waals surface area (Å²) < 4.78 is 0. The van der Waals surface area contributed by atoms with Gasteiger partial charge in [0.05, 0.1) is 0 Å². The van der Waals surface area contributed by atoms with Crippen molar-refractivity contribution in [1.29, 1.82) is 0 Å². The van der Waals surface area contributed by atoms with E-state index in [-0.39, 0.29) is 5.91 Å². The van der Waals surface area contributed by atoms with Crippen molar-refractivity contribution in [2.24, 2.45) is 10.2 Å². The first kappa shape index (κ1) is 12.8. The van der Waals surface area contributed by atoms with Gasteiger partial charge in [0.1, 0.15) is 0 Å². The topological polar surface area (TPSA) is 53.8 Å². The molecule has 0 atom stereocenters. The maximum Gasteiger partial charge on any atom is 0.272 e. The predicted molar refractivity (Wildman–Crippen MR) is 75.6 cm³/mol. The first-order chi connectivity index (χ1) is 8.76. The number of carbonyl (C=O) groups is 1. The smallest absolute Gasteiger partial charge is 0.272 e. The molecule has 18 heavy (non-hydrogen) atoms. The molecule has 4 nitrogen and oxygen atoms in total. The highest BCUT2D eigenvalue weighted by Crippen LogP contribution is 2.21. The number of rotatable bonds is 3. The third-order valence-electron chi connectivity index (χ3n) is 2.67. The van der Waals surface area contributed by atoms with E-state index in [1.54, 1.807) is 18.0 Å². The van der Waals surface area contributed by atoms with Crippen LogP contribution >= 0.6 is 11.8 Å². The summed E-state index contributed by atoms with van der Waals surface area (Å²) in [4.78, 5) is 13.1. The second-order valence-electron chi connectivity index (χ2n) is 3.83. The molecular formula is C13H15N3OS. The lowest BCUT2D eigenvalue weighted by Gasteiger charge is -2.09. The summed E-state index contributed by atoms with van der Waals surface area (Å²) in [6.07, 6.45) is 4.47. The van der Waals surface area contributed by atoms with Gasteiger partial charge in [-0.1, -0.05) is 6.07 Å². The van der Waals surface area contributed by atoms with Crippen molar-refractivity contribution < 1.29 is 4.79 Å². The average molecular weight is 261 g/mol. The molecule has 0 saturated carbocycles. The maximum absolute atomic E-state index is 11.9. The fourth-order valence-corrected chi connectivity index (χ4v) is 2.26. The van der Waals surface area contributed by atoms with Crippen molar-refractivity contribution in [3.8, 4) is 0 Å². The molecule has 1 aromatic rings. The Morgan fingerprint density at radius 2 is 2.33 bits per heavy atom. The molecule has 0 spiro atoms. The molecule has 0 aromatic heterocycles. The number of likely N-dealkylation sites (N-methyl/N-ethyl adjacent to an activating group) is 1. The number of nitrogens with zero attached hydrogens (tertiary/aromatic N) is 2. The summed E-state index contributed by atoms with van der Waals surface area (Å²) in [5.41, 5.74) is 2.36. The van der Waals surface area contributed by atoms with Crippen molar-refractivity contribution in [3.63, 3.8) is 0 Å². The van der Waals surface area contributed by atoms with Crippen LogP contribution in [-0.2, 0) is 11.2 Å².